The van der Waals surface area contributed by atoms with Crippen molar-refractivity contribution < 1.29 is 13.2 Å². The molecule has 1 amide bonds. The molecule has 25 heavy (non-hydrogen) atoms. The third kappa shape index (κ3) is 3.34. The van der Waals surface area contributed by atoms with Crippen LogP contribution in [0.3, 0.4) is 0 Å². The zero-order chi connectivity index (χ0) is 18.2. The third-order valence-corrected chi connectivity index (χ3v) is 6.64. The lowest BCUT2D eigenvalue weighted by Gasteiger charge is -2.06. The number of nitrogens with zero attached hydrogens (tertiary/aromatic N) is 3. The number of hydrogen-bond acceptors (Lipinski definition) is 8. The molecule has 1 N–H and O–H groups in total. The van der Waals surface area contributed by atoms with Gasteiger partial charge in [-0.15, -0.1) is 5.10 Å². The van der Waals surface area contributed by atoms with Crippen molar-refractivity contribution >= 4 is 49.0 Å². The van der Waals surface area contributed by atoms with Crippen LogP contribution in [0.2, 0.25) is 0 Å². The number of sulfonamides is 1. The largest absolute Gasteiger partial charge is 0.307 e. The Morgan fingerprint density at radius 1 is 1.36 bits per heavy atom. The molecule has 2 heterocycles. The van der Waals surface area contributed by atoms with Gasteiger partial charge in [-0.3, -0.25) is 9.59 Å². The van der Waals surface area contributed by atoms with Crippen LogP contribution >= 0.6 is 22.9 Å². The quantitative estimate of drug-likeness (QED) is 0.698. The molecule has 2 aromatic heterocycles. The highest BCUT2D eigenvalue weighted by Gasteiger charge is 2.23. The number of fused-ring (bicyclic) bond motifs is 1. The van der Waals surface area contributed by atoms with Gasteiger partial charge in [0.15, 0.2) is 0 Å². The summed E-state index contributed by atoms with van der Waals surface area (Å²) in [5.74, 6) is -0.750. The lowest BCUT2D eigenvalue weighted by molar-refractivity contribution is 0.0984. The smallest absolute Gasteiger partial charge is 0.302 e. The van der Waals surface area contributed by atoms with E-state index >= 15 is 0 Å². The summed E-state index contributed by atoms with van der Waals surface area (Å²) in [4.78, 5) is 23.9. The summed E-state index contributed by atoms with van der Waals surface area (Å²) in [5.41, 5.74) is 1.12. The summed E-state index contributed by atoms with van der Waals surface area (Å²) >= 11 is 1.81. The van der Waals surface area contributed by atoms with E-state index in [4.69, 9.17) is 0 Å². The molecule has 132 valence electrons. The Kier molecular flexibility index (Phi) is 4.71. The van der Waals surface area contributed by atoms with Crippen molar-refractivity contribution in [2.45, 2.75) is 24.7 Å². The Bertz CT molecular complexity index is 1110. The maximum atomic E-state index is 12.5. The van der Waals surface area contributed by atoms with E-state index in [1.807, 2.05) is 11.6 Å². The average molecular weight is 398 g/mol. The number of hydrogen-bond donors (Lipinski definition) is 1. The zero-order valence-electron chi connectivity index (χ0n) is 13.3. The second-order valence-corrected chi connectivity index (χ2v) is 8.72. The topological polar surface area (TPSA) is 111 Å². The molecule has 0 aliphatic rings. The van der Waals surface area contributed by atoms with E-state index in [-0.39, 0.29) is 14.6 Å². The van der Waals surface area contributed by atoms with Crippen LogP contribution in [0.15, 0.2) is 27.9 Å². The van der Waals surface area contributed by atoms with Crippen LogP contribution in [0.1, 0.15) is 28.7 Å². The molecule has 3 aromatic rings. The molecule has 0 fully saturated rings. The van der Waals surface area contributed by atoms with Crippen molar-refractivity contribution in [3.05, 3.63) is 38.4 Å². The second kappa shape index (κ2) is 6.65. The fraction of sp³-hybridized carbons (Fsp3) is 0.286. The molecule has 0 unspecified atom stereocenters. The Balaban J connectivity index is 1.92. The molecule has 0 aliphatic heterocycles. The number of carbonyl (C=O) groups excluding carboxylic acids is 1. The van der Waals surface area contributed by atoms with Gasteiger partial charge in [0.05, 0.1) is 20.8 Å². The maximum Gasteiger partial charge on any atom is 0.307 e. The molecule has 0 aliphatic carbocycles. The molecular weight excluding hydrogens is 384 g/mol. The van der Waals surface area contributed by atoms with E-state index in [9.17, 15) is 18.0 Å². The van der Waals surface area contributed by atoms with Crippen LogP contribution in [0.25, 0.3) is 10.2 Å². The molecule has 1 aromatic carbocycles. The summed E-state index contributed by atoms with van der Waals surface area (Å²) in [5, 5.41) is 3.86. The standard InChI is InChI=1S/C14H14N4O4S3/c1-3-4-9-12(24-17-15-9)13(19)16-25(21,22)8-5-6-10-11(7-8)23-14(20)18(10)2/h5-7H,3-4H2,1-2H3,(H,16,19). The number of rotatable bonds is 5. The SMILES string of the molecule is CCCc1nnsc1C(=O)NS(=O)(=O)c1ccc2c(c1)sc(=O)n2C. The van der Waals surface area contributed by atoms with Gasteiger partial charge in [0.1, 0.15) is 4.88 Å². The minimum atomic E-state index is -4.07. The number of amides is 1. The highest BCUT2D eigenvalue weighted by atomic mass is 32.2. The Morgan fingerprint density at radius 2 is 2.12 bits per heavy atom. The summed E-state index contributed by atoms with van der Waals surface area (Å²) in [7, 11) is -2.45. The van der Waals surface area contributed by atoms with Crippen LogP contribution in [-0.2, 0) is 23.5 Å². The summed E-state index contributed by atoms with van der Waals surface area (Å²) in [6, 6.07) is 4.29. The molecule has 0 spiro atoms. The van der Waals surface area contributed by atoms with Crippen molar-refractivity contribution in [2.24, 2.45) is 7.05 Å². The number of nitrogens with one attached hydrogen (secondary N) is 1. The number of benzene rings is 1. The van der Waals surface area contributed by atoms with E-state index in [0.717, 1.165) is 29.3 Å². The predicted octanol–water partition coefficient (Wildman–Crippen LogP) is 1.52. The van der Waals surface area contributed by atoms with Gasteiger partial charge in [0.2, 0.25) is 0 Å². The normalized spacial score (nSPS) is 11.8. The van der Waals surface area contributed by atoms with Crippen molar-refractivity contribution in [1.82, 2.24) is 18.9 Å². The van der Waals surface area contributed by atoms with E-state index in [2.05, 4.69) is 9.59 Å². The average Bonchev–Trinajstić information content (AvgIpc) is 3.12. The van der Waals surface area contributed by atoms with Crippen LogP contribution in [0.5, 0.6) is 0 Å². The van der Waals surface area contributed by atoms with Gasteiger partial charge in [-0.25, -0.2) is 13.1 Å². The lowest BCUT2D eigenvalue weighted by Crippen LogP contribution is -2.30. The van der Waals surface area contributed by atoms with Crippen molar-refractivity contribution in [2.75, 3.05) is 0 Å². The summed E-state index contributed by atoms with van der Waals surface area (Å²) < 4.78 is 32.7. The van der Waals surface area contributed by atoms with Crippen LogP contribution in [0, 0.1) is 0 Å². The van der Waals surface area contributed by atoms with Gasteiger partial charge < -0.3 is 4.57 Å². The Hall–Kier alpha value is -2.11. The summed E-state index contributed by atoms with van der Waals surface area (Å²) in [6.07, 6.45) is 1.31. The fourth-order valence-electron chi connectivity index (χ4n) is 2.29. The molecule has 0 bridgehead atoms. The molecule has 0 radical (unpaired) electrons. The predicted molar refractivity (Wildman–Crippen MR) is 95.6 cm³/mol. The second-order valence-electron chi connectivity index (χ2n) is 5.29. The van der Waals surface area contributed by atoms with Gasteiger partial charge in [0.25, 0.3) is 15.9 Å². The zero-order valence-corrected chi connectivity index (χ0v) is 15.8. The van der Waals surface area contributed by atoms with E-state index < -0.39 is 15.9 Å². The molecule has 11 heteroatoms. The van der Waals surface area contributed by atoms with Crippen LogP contribution in [0.4, 0.5) is 0 Å². The Morgan fingerprint density at radius 3 is 2.84 bits per heavy atom. The van der Waals surface area contributed by atoms with E-state index in [0.29, 0.717) is 22.3 Å². The first-order chi connectivity index (χ1) is 11.8. The van der Waals surface area contributed by atoms with Gasteiger partial charge in [-0.05, 0) is 36.2 Å². The molecule has 0 saturated carbocycles. The minimum absolute atomic E-state index is 0.0790. The van der Waals surface area contributed by atoms with Gasteiger partial charge in [0, 0.05) is 7.05 Å². The number of aryl methyl sites for hydroxylation is 2. The molecule has 8 nitrogen and oxygen atoms in total. The lowest BCUT2D eigenvalue weighted by atomic mass is 10.2. The first-order valence-electron chi connectivity index (χ1n) is 7.31. The van der Waals surface area contributed by atoms with Crippen LogP contribution < -0.4 is 9.60 Å². The fourth-order valence-corrected chi connectivity index (χ4v) is 4.94. The number of carbonyl (C=O) groups is 1. The highest BCUT2D eigenvalue weighted by Crippen LogP contribution is 2.21. The summed E-state index contributed by atoms with van der Waals surface area (Å²) in [6.45, 7) is 1.93. The first kappa shape index (κ1) is 17.7. The van der Waals surface area contributed by atoms with Gasteiger partial charge >= 0.3 is 4.87 Å². The maximum absolute atomic E-state index is 12.5. The van der Waals surface area contributed by atoms with Crippen molar-refractivity contribution in [3.63, 3.8) is 0 Å². The molecule has 0 saturated heterocycles. The van der Waals surface area contributed by atoms with Gasteiger partial charge in [-0.1, -0.05) is 29.2 Å². The number of thiazole rings is 1. The van der Waals surface area contributed by atoms with Crippen molar-refractivity contribution in [1.29, 1.82) is 0 Å². The monoisotopic (exact) mass is 398 g/mol. The Labute approximate surface area is 151 Å². The van der Waals surface area contributed by atoms with E-state index in [1.54, 1.807) is 13.1 Å². The molecule has 3 rings (SSSR count). The molecular formula is C14H14N4O4S3. The molecule has 0 atom stereocenters. The van der Waals surface area contributed by atoms with Gasteiger partial charge in [-0.2, -0.15) is 0 Å². The number of aromatic nitrogens is 3. The third-order valence-electron chi connectivity index (χ3n) is 3.55. The first-order valence-corrected chi connectivity index (χ1v) is 10.4. The minimum Gasteiger partial charge on any atom is -0.302 e. The van der Waals surface area contributed by atoms with E-state index in [1.165, 1.54) is 16.7 Å². The van der Waals surface area contributed by atoms with Crippen molar-refractivity contribution in [3.8, 4) is 0 Å². The highest BCUT2D eigenvalue weighted by molar-refractivity contribution is 7.90. The van der Waals surface area contributed by atoms with Crippen LogP contribution in [-0.4, -0.2) is 28.5 Å².